The van der Waals surface area contributed by atoms with Crippen molar-refractivity contribution in [2.45, 2.75) is 32.6 Å². The highest BCUT2D eigenvalue weighted by atomic mass is 32.2. The van der Waals surface area contributed by atoms with E-state index in [9.17, 15) is 18.0 Å². The standard InChI is InChI=1S/C18H25NO6S/c1-3-5-15-12-14(2)16(6-4-9-19-13-20)17(15)7-8-18(21)25-10-11-26(22,23)24/h3,5,12,16-17H,2,4,6-11H2,1H3,(H,22,23,24)/b5-3-. The predicted molar refractivity (Wildman–Crippen MR) is 97.8 cm³/mol. The second kappa shape index (κ2) is 10.9. The van der Waals surface area contributed by atoms with E-state index in [-0.39, 0.29) is 24.9 Å². The average molecular weight is 383 g/mol. The van der Waals surface area contributed by atoms with Crippen LogP contribution < -0.4 is 0 Å². The molecule has 0 heterocycles. The molecule has 0 aromatic heterocycles. The molecule has 7 nitrogen and oxygen atoms in total. The first-order chi connectivity index (χ1) is 12.3. The van der Waals surface area contributed by atoms with E-state index < -0.39 is 21.8 Å². The number of rotatable bonds is 11. The van der Waals surface area contributed by atoms with Gasteiger partial charge in [-0.15, -0.1) is 0 Å². The summed E-state index contributed by atoms with van der Waals surface area (Å²) in [7, 11) is -4.14. The summed E-state index contributed by atoms with van der Waals surface area (Å²) in [5, 5.41) is 0. The van der Waals surface area contributed by atoms with Crippen molar-refractivity contribution in [1.29, 1.82) is 0 Å². The molecule has 0 spiro atoms. The number of hydrogen-bond donors (Lipinski definition) is 1. The van der Waals surface area contributed by atoms with Gasteiger partial charge in [0.15, 0.2) is 0 Å². The Bertz CT molecular complexity index is 716. The predicted octanol–water partition coefficient (Wildman–Crippen LogP) is 2.62. The summed E-state index contributed by atoms with van der Waals surface area (Å²) in [6.07, 6.45) is 9.66. The number of ether oxygens (including phenoxy) is 1. The van der Waals surface area contributed by atoms with Crippen LogP contribution in [-0.2, 0) is 24.4 Å². The molecule has 0 aromatic carbocycles. The second-order valence-electron chi connectivity index (χ2n) is 6.09. The molecule has 0 aliphatic heterocycles. The lowest BCUT2D eigenvalue weighted by Gasteiger charge is -2.22. The zero-order valence-corrected chi connectivity index (χ0v) is 15.7. The van der Waals surface area contributed by atoms with Gasteiger partial charge in [0.05, 0.1) is 6.54 Å². The summed E-state index contributed by atoms with van der Waals surface area (Å²) in [6.45, 7) is 6.06. The van der Waals surface area contributed by atoms with Gasteiger partial charge in [0.25, 0.3) is 10.1 Å². The average Bonchev–Trinajstić information content (AvgIpc) is 2.84. The van der Waals surface area contributed by atoms with E-state index >= 15 is 0 Å². The molecule has 1 aliphatic rings. The summed E-state index contributed by atoms with van der Waals surface area (Å²) in [4.78, 5) is 25.5. The minimum absolute atomic E-state index is 0.105. The highest BCUT2D eigenvalue weighted by Gasteiger charge is 2.31. The Labute approximate surface area is 154 Å². The van der Waals surface area contributed by atoms with Crippen LogP contribution in [0.3, 0.4) is 0 Å². The molecule has 1 rings (SSSR count). The molecule has 0 saturated carbocycles. The summed E-state index contributed by atoms with van der Waals surface area (Å²) in [6, 6.07) is 0. The van der Waals surface area contributed by atoms with E-state index in [2.05, 4.69) is 11.6 Å². The van der Waals surface area contributed by atoms with Crippen molar-refractivity contribution in [3.63, 3.8) is 0 Å². The Balaban J connectivity index is 2.61. The SMILES string of the molecule is C=C1C=C(/C=C\C)C(CCC(=O)OCCS(=O)(=O)O)C1CCCN=C=O. The molecule has 0 bridgehead atoms. The zero-order valence-electron chi connectivity index (χ0n) is 14.9. The Morgan fingerprint density at radius 3 is 2.77 bits per heavy atom. The van der Waals surface area contributed by atoms with Gasteiger partial charge in [-0.1, -0.05) is 30.4 Å². The topological polar surface area (TPSA) is 110 Å². The lowest BCUT2D eigenvalue weighted by molar-refractivity contribution is -0.143. The minimum Gasteiger partial charge on any atom is -0.464 e. The Morgan fingerprint density at radius 2 is 2.15 bits per heavy atom. The summed E-state index contributed by atoms with van der Waals surface area (Å²) in [5.74, 6) is -0.847. The third kappa shape index (κ3) is 7.91. The van der Waals surface area contributed by atoms with Crippen LogP contribution in [0.15, 0.2) is 40.9 Å². The van der Waals surface area contributed by atoms with Crippen LogP contribution in [0.2, 0.25) is 0 Å². The summed E-state index contributed by atoms with van der Waals surface area (Å²) >= 11 is 0. The molecule has 2 unspecified atom stereocenters. The number of esters is 1. The molecule has 1 aliphatic carbocycles. The van der Waals surface area contributed by atoms with Crippen molar-refractivity contribution in [2.75, 3.05) is 18.9 Å². The molecule has 144 valence electrons. The van der Waals surface area contributed by atoms with E-state index in [1.165, 1.54) is 6.08 Å². The van der Waals surface area contributed by atoms with E-state index in [4.69, 9.17) is 9.29 Å². The maximum Gasteiger partial charge on any atom is 0.305 e. The van der Waals surface area contributed by atoms with Gasteiger partial charge in [0, 0.05) is 6.42 Å². The number of isocyanates is 1. The van der Waals surface area contributed by atoms with Crippen molar-refractivity contribution in [3.8, 4) is 0 Å². The van der Waals surface area contributed by atoms with E-state index in [0.717, 1.165) is 24.0 Å². The highest BCUT2D eigenvalue weighted by molar-refractivity contribution is 7.85. The smallest absolute Gasteiger partial charge is 0.305 e. The summed E-state index contributed by atoms with van der Waals surface area (Å²) in [5.41, 5.74) is 2.07. The molecule has 0 radical (unpaired) electrons. The summed E-state index contributed by atoms with van der Waals surface area (Å²) < 4.78 is 34.7. The quantitative estimate of drug-likeness (QED) is 0.193. The van der Waals surface area contributed by atoms with Gasteiger partial charge in [-0.05, 0) is 43.6 Å². The first-order valence-electron chi connectivity index (χ1n) is 8.46. The molecule has 0 amide bonds. The molecule has 8 heteroatoms. The maximum absolute atomic E-state index is 11.8. The van der Waals surface area contributed by atoms with Crippen LogP contribution in [-0.4, -0.2) is 43.9 Å². The Kier molecular flexibility index (Phi) is 9.19. The lowest BCUT2D eigenvalue weighted by atomic mass is 9.82. The van der Waals surface area contributed by atoms with Gasteiger partial charge in [0.1, 0.15) is 12.4 Å². The zero-order chi connectivity index (χ0) is 19.6. The fraction of sp³-hybridized carbons (Fsp3) is 0.556. The minimum atomic E-state index is -4.14. The number of carbonyl (C=O) groups excluding carboxylic acids is 2. The molecular formula is C18H25NO6S. The van der Waals surface area contributed by atoms with Crippen LogP contribution in [0.25, 0.3) is 0 Å². The fourth-order valence-electron chi connectivity index (χ4n) is 3.08. The van der Waals surface area contributed by atoms with Gasteiger partial charge in [-0.25, -0.2) is 9.79 Å². The molecule has 26 heavy (non-hydrogen) atoms. The number of aliphatic imine (C=N–C) groups is 1. The molecule has 0 saturated heterocycles. The molecular weight excluding hydrogens is 358 g/mol. The number of nitrogens with zero attached hydrogens (tertiary/aromatic N) is 1. The Morgan fingerprint density at radius 1 is 1.42 bits per heavy atom. The largest absolute Gasteiger partial charge is 0.464 e. The molecule has 0 aromatic rings. The number of carbonyl (C=O) groups is 1. The van der Waals surface area contributed by atoms with Gasteiger partial charge in [0.2, 0.25) is 6.08 Å². The van der Waals surface area contributed by atoms with Crippen LogP contribution in [0, 0.1) is 11.8 Å². The van der Waals surface area contributed by atoms with Crippen molar-refractivity contribution in [2.24, 2.45) is 16.8 Å². The van der Waals surface area contributed by atoms with Gasteiger partial charge < -0.3 is 4.74 Å². The van der Waals surface area contributed by atoms with Crippen molar-refractivity contribution < 1.29 is 27.3 Å². The van der Waals surface area contributed by atoms with Crippen molar-refractivity contribution in [1.82, 2.24) is 0 Å². The monoisotopic (exact) mass is 383 g/mol. The van der Waals surface area contributed by atoms with Gasteiger partial charge in [-0.3, -0.25) is 9.35 Å². The number of allylic oxidation sites excluding steroid dienone is 5. The first-order valence-corrected chi connectivity index (χ1v) is 10.1. The van der Waals surface area contributed by atoms with Crippen LogP contribution >= 0.6 is 0 Å². The fourth-order valence-corrected chi connectivity index (χ4v) is 3.37. The van der Waals surface area contributed by atoms with E-state index in [0.29, 0.717) is 13.0 Å². The van der Waals surface area contributed by atoms with Gasteiger partial charge >= 0.3 is 5.97 Å². The molecule has 2 atom stereocenters. The van der Waals surface area contributed by atoms with Crippen LogP contribution in [0.1, 0.15) is 32.6 Å². The normalized spacial score (nSPS) is 20.1. The van der Waals surface area contributed by atoms with Crippen LogP contribution in [0.5, 0.6) is 0 Å². The Hall–Kier alpha value is -2.02. The molecule has 0 fully saturated rings. The van der Waals surface area contributed by atoms with Crippen LogP contribution in [0.4, 0.5) is 0 Å². The highest BCUT2D eigenvalue weighted by Crippen LogP contribution is 2.41. The van der Waals surface area contributed by atoms with Crippen molar-refractivity contribution in [3.05, 3.63) is 36.0 Å². The number of hydrogen-bond acceptors (Lipinski definition) is 6. The first kappa shape index (κ1) is 22.0. The van der Waals surface area contributed by atoms with Crippen molar-refractivity contribution >= 4 is 22.2 Å². The third-order valence-corrected chi connectivity index (χ3v) is 4.90. The lowest BCUT2D eigenvalue weighted by Crippen LogP contribution is -2.18. The third-order valence-electron chi connectivity index (χ3n) is 4.21. The second-order valence-corrected chi connectivity index (χ2v) is 7.66. The maximum atomic E-state index is 11.8. The molecule has 1 N–H and O–H groups in total. The van der Waals surface area contributed by atoms with Gasteiger partial charge in [-0.2, -0.15) is 8.42 Å². The van der Waals surface area contributed by atoms with E-state index in [1.807, 2.05) is 25.2 Å². The van der Waals surface area contributed by atoms with E-state index in [1.54, 1.807) is 0 Å².